The number of hydrogen-bond acceptors (Lipinski definition) is 11. The van der Waals surface area contributed by atoms with Crippen molar-refractivity contribution in [3.05, 3.63) is 54.7 Å². The largest absolute Gasteiger partial charge is 0.495 e. The lowest BCUT2D eigenvalue weighted by Crippen LogP contribution is -2.62. The molecule has 65 heavy (non-hydrogen) atoms. The first kappa shape index (κ1) is 52.6. The molecule has 16 atom stereocenters. The topological polar surface area (TPSA) is 167 Å². The van der Waals surface area contributed by atoms with Gasteiger partial charge in [-0.05, 0) is 143 Å². The number of aliphatic hydroxyl groups is 3. The molecule has 6 N–H and O–H groups in total. The van der Waals surface area contributed by atoms with Crippen LogP contribution in [0.15, 0.2) is 36.4 Å². The number of rotatable bonds is 9. The number of benzene rings is 2. The summed E-state index contributed by atoms with van der Waals surface area (Å²) in [4.78, 5) is 29.6. The van der Waals surface area contributed by atoms with E-state index in [1.165, 1.54) is 19.3 Å². The van der Waals surface area contributed by atoms with Crippen molar-refractivity contribution < 1.29 is 39.1 Å². The third kappa shape index (κ3) is 9.99. The Morgan fingerprint density at radius 2 is 1.35 bits per heavy atom. The molecule has 14 heteroatoms. The molecule has 2 aromatic rings. The number of carbonyl (C=O) groups is 2. The molecule has 2 aromatic carbocycles. The van der Waals surface area contributed by atoms with Gasteiger partial charge in [-0.2, -0.15) is 0 Å². The van der Waals surface area contributed by atoms with Gasteiger partial charge < -0.3 is 40.6 Å². The summed E-state index contributed by atoms with van der Waals surface area (Å²) >= 11 is 4.48. The number of methoxy groups -OCH3 is 2. The summed E-state index contributed by atoms with van der Waals surface area (Å²) in [6.07, 6.45) is 2.71. The second-order valence-corrected chi connectivity index (χ2v) is 23.8. The maximum absolute atomic E-state index is 13.6. The molecule has 364 valence electrons. The number of likely N-dealkylation sites (tertiary alicyclic amines) is 2. The number of nitrogens with zero attached hydrogens (tertiary/aromatic N) is 2. The van der Waals surface area contributed by atoms with Gasteiger partial charge in [-0.1, -0.05) is 73.2 Å². The lowest BCUT2D eigenvalue weighted by Gasteiger charge is -2.62. The highest BCUT2D eigenvalue weighted by molar-refractivity contribution is 14.1. The summed E-state index contributed by atoms with van der Waals surface area (Å²) in [5.41, 5.74) is 8.98. The van der Waals surface area contributed by atoms with Crippen molar-refractivity contribution in [3.8, 4) is 11.5 Å². The van der Waals surface area contributed by atoms with E-state index >= 15 is 0 Å². The number of fused-ring (bicyclic) bond motifs is 5. The molecule has 11 rings (SSSR count). The molecule has 0 aromatic heterocycles. The van der Waals surface area contributed by atoms with Gasteiger partial charge in [0.05, 0.1) is 45.7 Å². The van der Waals surface area contributed by atoms with E-state index in [4.69, 9.17) is 19.9 Å². The molecule has 0 spiro atoms. The summed E-state index contributed by atoms with van der Waals surface area (Å²) in [5, 5.41) is 34.8. The third-order valence-electron chi connectivity index (χ3n) is 17.5. The van der Waals surface area contributed by atoms with Crippen molar-refractivity contribution in [2.45, 2.75) is 150 Å². The Hall–Kier alpha value is -1.80. The summed E-state index contributed by atoms with van der Waals surface area (Å²) in [6.45, 7) is 19.5. The van der Waals surface area contributed by atoms with Gasteiger partial charge in [-0.3, -0.25) is 19.4 Å². The number of β-amino-alcohol motifs (C(OH)–C–C–N with tert-alkyl or cyclic N) is 2. The Morgan fingerprint density at radius 1 is 0.846 bits per heavy atom. The molecule has 9 aliphatic rings. The maximum atomic E-state index is 13.6. The second-order valence-electron chi connectivity index (χ2n) is 21.5. The number of aliphatic hydroxyl groups excluding tert-OH is 3. The quantitative estimate of drug-likeness (QED) is 0.129. The SMILES string of the molecule is C.COc1c(I)cccc1CN1C[C@H](O)[C@@H]([C@H](C)O)[C@H]1C(=O)N[C@H]1C[C@H]2C[C@@H]([C@@H]1C)C2(C)C.COc1c(I)cccc1CN1C[C@H](O)[C@H]2[C@H](C)OC(=O)[C@H]21.C[C@@H]1[C@@H](N)C[C@H]2C[C@@H]1C2(C)C. The Morgan fingerprint density at radius 3 is 1.83 bits per heavy atom. The minimum Gasteiger partial charge on any atom is -0.495 e. The Balaban J connectivity index is 0.000000181. The molecule has 4 bridgehead atoms. The first-order chi connectivity index (χ1) is 30.1. The number of cyclic esters (lactones) is 1. The standard InChI is InChI=1S/C25H37IN2O4.C15H18INO4.C10H19N.CH4/c1-13-17-9-16(25(17,3)4)10-19(13)27-24(31)22-21(14(2)29)20(30)12-28(22)11-15-7-6-8-18(26)23(15)32-5;1-8-12-11(18)7-17(13(12)15(19)21-8)6-9-4-3-5-10(16)14(9)20-2;1-6-8-4-7(5-9(6)11)10(8,2)3;/h6-8,13-14,16-17,19-22,29-30H,9-12H2,1-5H3,(H,27,31);3-5,8,11-13,18H,6-7H2,1-2H3;6-9H,4-5,11H2,1-3H3;1H4/t13-,14-,16+,17-,19-,20-,21+,22-;8-,11-,12+,13-;6-,7+,8-,9-;/m000./s1. The van der Waals surface area contributed by atoms with Crippen molar-refractivity contribution in [2.24, 2.45) is 63.9 Å². The van der Waals surface area contributed by atoms with Crippen LogP contribution >= 0.6 is 45.2 Å². The van der Waals surface area contributed by atoms with Crippen molar-refractivity contribution >= 4 is 57.1 Å². The summed E-state index contributed by atoms with van der Waals surface area (Å²) in [6, 6.07) is 11.6. The van der Waals surface area contributed by atoms with E-state index in [0.717, 1.165) is 53.9 Å². The second kappa shape index (κ2) is 20.7. The fraction of sp³-hybridized carbons (Fsp3) is 0.725. The molecule has 1 amide bonds. The minimum atomic E-state index is -0.778. The number of para-hydroxylation sites is 2. The van der Waals surface area contributed by atoms with E-state index in [1.807, 2.05) is 53.1 Å². The highest BCUT2D eigenvalue weighted by Crippen LogP contribution is 2.62. The molecule has 12 nitrogen and oxygen atoms in total. The van der Waals surface area contributed by atoms with Crippen LogP contribution < -0.4 is 20.5 Å². The van der Waals surface area contributed by atoms with Gasteiger partial charge in [-0.25, -0.2) is 0 Å². The zero-order valence-electron chi connectivity index (χ0n) is 39.5. The molecule has 6 saturated carbocycles. The van der Waals surface area contributed by atoms with Crippen LogP contribution in [0.5, 0.6) is 11.5 Å². The van der Waals surface area contributed by atoms with E-state index < -0.39 is 30.3 Å². The van der Waals surface area contributed by atoms with Gasteiger partial charge in [0.25, 0.3) is 0 Å². The number of halogens is 2. The molecule has 3 aliphatic heterocycles. The van der Waals surface area contributed by atoms with Crippen LogP contribution in [-0.2, 0) is 27.4 Å². The molecule has 0 unspecified atom stereocenters. The molecular weight excluding hydrogens is 1050 g/mol. The molecular formula is C51H78I2N4O8. The number of amides is 1. The number of hydrogen-bond donors (Lipinski definition) is 5. The van der Waals surface area contributed by atoms with E-state index in [2.05, 4.69) is 92.0 Å². The van der Waals surface area contributed by atoms with Crippen LogP contribution in [0.25, 0.3) is 0 Å². The highest BCUT2D eigenvalue weighted by Gasteiger charge is 2.58. The van der Waals surface area contributed by atoms with Crippen LogP contribution in [0.1, 0.15) is 99.6 Å². The van der Waals surface area contributed by atoms with Gasteiger partial charge in [-0.15, -0.1) is 0 Å². The number of carbonyl (C=O) groups excluding carboxylic acids is 2. The van der Waals surface area contributed by atoms with Crippen LogP contribution in [-0.4, -0.2) is 113 Å². The van der Waals surface area contributed by atoms with Crippen molar-refractivity contribution in [1.82, 2.24) is 15.1 Å². The van der Waals surface area contributed by atoms with Gasteiger partial charge >= 0.3 is 5.97 Å². The summed E-state index contributed by atoms with van der Waals surface area (Å²) in [7, 11) is 3.30. The molecule has 3 saturated heterocycles. The number of nitrogens with one attached hydrogen (secondary N) is 1. The Labute approximate surface area is 416 Å². The smallest absolute Gasteiger partial charge is 0.324 e. The first-order valence-electron chi connectivity index (χ1n) is 23.5. The number of esters is 1. The van der Waals surface area contributed by atoms with Crippen LogP contribution in [0.4, 0.5) is 0 Å². The van der Waals surface area contributed by atoms with Crippen LogP contribution in [0.2, 0.25) is 0 Å². The van der Waals surface area contributed by atoms with E-state index in [-0.39, 0.29) is 43.4 Å². The lowest BCUT2D eigenvalue weighted by atomic mass is 9.45. The monoisotopic (exact) mass is 1130 g/mol. The zero-order valence-corrected chi connectivity index (χ0v) is 43.8. The van der Waals surface area contributed by atoms with Gasteiger partial charge in [0.2, 0.25) is 5.91 Å². The highest BCUT2D eigenvalue weighted by atomic mass is 127. The maximum Gasteiger partial charge on any atom is 0.324 e. The lowest BCUT2D eigenvalue weighted by molar-refractivity contribution is -0.145. The fourth-order valence-electron chi connectivity index (χ4n) is 13.4. The summed E-state index contributed by atoms with van der Waals surface area (Å²) in [5.74, 6) is 4.99. The Kier molecular flexibility index (Phi) is 16.7. The predicted molar refractivity (Wildman–Crippen MR) is 271 cm³/mol. The first-order valence-corrected chi connectivity index (χ1v) is 25.7. The van der Waals surface area contributed by atoms with Crippen LogP contribution in [0.3, 0.4) is 0 Å². The molecule has 3 heterocycles. The number of ether oxygens (including phenoxy) is 3. The predicted octanol–water partition coefficient (Wildman–Crippen LogP) is 7.09. The molecule has 0 radical (unpaired) electrons. The normalized spacial score (nSPS) is 37.6. The van der Waals surface area contributed by atoms with Crippen molar-refractivity contribution in [3.63, 3.8) is 0 Å². The van der Waals surface area contributed by atoms with Crippen LogP contribution in [0, 0.1) is 65.3 Å². The molecule has 6 aliphatic carbocycles. The van der Waals surface area contributed by atoms with Gasteiger partial charge in [0.15, 0.2) is 0 Å². The van der Waals surface area contributed by atoms with E-state index in [1.54, 1.807) is 21.1 Å². The minimum absolute atomic E-state index is 0. The third-order valence-corrected chi connectivity index (χ3v) is 19.2. The molecule has 9 fully saturated rings. The van der Waals surface area contributed by atoms with Crippen molar-refractivity contribution in [2.75, 3.05) is 27.3 Å². The fourth-order valence-corrected chi connectivity index (χ4v) is 14.9. The van der Waals surface area contributed by atoms with E-state index in [0.29, 0.717) is 60.8 Å². The van der Waals surface area contributed by atoms with E-state index in [9.17, 15) is 24.9 Å². The van der Waals surface area contributed by atoms with Gasteiger partial charge in [0, 0.05) is 61.2 Å². The van der Waals surface area contributed by atoms with Crippen molar-refractivity contribution in [1.29, 1.82) is 0 Å². The zero-order chi connectivity index (χ0) is 46.7. The Bertz CT molecular complexity index is 2000. The average molecular weight is 1130 g/mol. The average Bonchev–Trinajstić information content (AvgIpc) is 3.85. The number of nitrogens with two attached hydrogens (primary N) is 1. The summed E-state index contributed by atoms with van der Waals surface area (Å²) < 4.78 is 18.4. The van der Waals surface area contributed by atoms with Gasteiger partial charge in [0.1, 0.15) is 23.6 Å².